The van der Waals surface area contributed by atoms with Gasteiger partial charge in [-0.15, -0.1) is 9.24 Å². The van der Waals surface area contributed by atoms with Gasteiger partial charge < -0.3 is 10.2 Å². The molecule has 0 aromatic rings. The molecule has 0 amide bonds. The lowest BCUT2D eigenvalue weighted by Crippen LogP contribution is -2.09. The predicted octanol–water partition coefficient (Wildman–Crippen LogP) is 2.15. The van der Waals surface area contributed by atoms with Crippen molar-refractivity contribution in [3.63, 3.8) is 0 Å². The quantitative estimate of drug-likeness (QED) is 0.490. The van der Waals surface area contributed by atoms with Crippen LogP contribution in [0.1, 0.15) is 13.3 Å². The van der Waals surface area contributed by atoms with Gasteiger partial charge in [0.05, 0.1) is 12.5 Å². The van der Waals surface area contributed by atoms with Gasteiger partial charge in [-0.05, 0) is 18.6 Å². The van der Waals surface area contributed by atoms with Crippen LogP contribution in [0.2, 0.25) is 0 Å². The van der Waals surface area contributed by atoms with E-state index in [1.54, 1.807) is 12.2 Å². The number of aliphatic hydroxyl groups is 2. The van der Waals surface area contributed by atoms with Gasteiger partial charge in [0.1, 0.15) is 0 Å². The summed E-state index contributed by atoms with van der Waals surface area (Å²) in [5, 5.41) is 16.6. The van der Waals surface area contributed by atoms with E-state index in [0.29, 0.717) is 6.42 Å². The van der Waals surface area contributed by atoms with Crippen molar-refractivity contribution in [3.05, 3.63) is 24.7 Å². The van der Waals surface area contributed by atoms with E-state index in [1.807, 2.05) is 6.92 Å². The standard InChI is InChI=1S/C7H13O2P/c1-7(10,4-6-9)3-2-5-8/h2,4-6,8-9H,3,10H2,1H3/b5-2+,6-4+. The van der Waals surface area contributed by atoms with Crippen LogP contribution >= 0.6 is 9.24 Å². The monoisotopic (exact) mass is 160 g/mol. The molecule has 0 aromatic heterocycles. The van der Waals surface area contributed by atoms with Crippen LogP contribution in [0.3, 0.4) is 0 Å². The highest BCUT2D eigenvalue weighted by molar-refractivity contribution is 7.19. The summed E-state index contributed by atoms with van der Waals surface area (Å²) in [4.78, 5) is 0. The molecular weight excluding hydrogens is 147 g/mol. The van der Waals surface area contributed by atoms with Gasteiger partial charge in [0, 0.05) is 5.16 Å². The third kappa shape index (κ3) is 4.39. The van der Waals surface area contributed by atoms with Crippen molar-refractivity contribution in [3.8, 4) is 0 Å². The normalized spacial score (nSPS) is 18.2. The van der Waals surface area contributed by atoms with E-state index in [2.05, 4.69) is 9.24 Å². The Morgan fingerprint density at radius 3 is 2.40 bits per heavy atom. The summed E-state index contributed by atoms with van der Waals surface area (Å²) < 4.78 is 0. The smallest absolute Gasteiger partial charge is 0.0760 e. The largest absolute Gasteiger partial charge is 0.516 e. The molecular formula is C7H13O2P. The van der Waals surface area contributed by atoms with Crippen molar-refractivity contribution in [2.24, 2.45) is 0 Å². The van der Waals surface area contributed by atoms with Crippen molar-refractivity contribution >= 4 is 9.24 Å². The first-order chi connectivity index (χ1) is 4.62. The van der Waals surface area contributed by atoms with Crippen molar-refractivity contribution in [1.82, 2.24) is 0 Å². The van der Waals surface area contributed by atoms with E-state index < -0.39 is 0 Å². The first kappa shape index (κ1) is 9.51. The second-order valence-corrected chi connectivity index (χ2v) is 3.73. The lowest BCUT2D eigenvalue weighted by Gasteiger charge is -2.15. The van der Waals surface area contributed by atoms with Crippen LogP contribution < -0.4 is 0 Å². The van der Waals surface area contributed by atoms with E-state index in [9.17, 15) is 0 Å². The molecule has 0 aliphatic heterocycles. The number of rotatable bonds is 3. The highest BCUT2D eigenvalue weighted by Crippen LogP contribution is 2.23. The van der Waals surface area contributed by atoms with Crippen LogP contribution in [0.5, 0.6) is 0 Å². The van der Waals surface area contributed by atoms with E-state index in [4.69, 9.17) is 10.2 Å². The van der Waals surface area contributed by atoms with Gasteiger partial charge >= 0.3 is 0 Å². The molecule has 0 rings (SSSR count). The molecule has 0 saturated carbocycles. The van der Waals surface area contributed by atoms with Crippen LogP contribution in [-0.4, -0.2) is 15.4 Å². The number of allylic oxidation sites excluding steroid dienone is 2. The van der Waals surface area contributed by atoms with E-state index >= 15 is 0 Å². The summed E-state index contributed by atoms with van der Waals surface area (Å²) in [6, 6.07) is 0. The van der Waals surface area contributed by atoms with Crippen molar-refractivity contribution < 1.29 is 10.2 Å². The highest BCUT2D eigenvalue weighted by Gasteiger charge is 2.10. The Morgan fingerprint density at radius 2 is 2.00 bits per heavy atom. The maximum Gasteiger partial charge on any atom is 0.0760 e. The first-order valence-electron chi connectivity index (χ1n) is 3.02. The number of hydrogen-bond donors (Lipinski definition) is 2. The Bertz CT molecular complexity index is 139. The molecule has 0 aromatic carbocycles. The molecule has 0 saturated heterocycles. The molecule has 0 radical (unpaired) electrons. The molecule has 2 atom stereocenters. The Morgan fingerprint density at radius 1 is 1.40 bits per heavy atom. The fourth-order valence-corrected chi connectivity index (χ4v) is 0.767. The summed E-state index contributed by atoms with van der Waals surface area (Å²) in [6.07, 6.45) is 5.99. The average molecular weight is 160 g/mol. The number of hydrogen-bond acceptors (Lipinski definition) is 2. The van der Waals surface area contributed by atoms with Crippen molar-refractivity contribution in [1.29, 1.82) is 0 Å². The molecule has 0 aliphatic rings. The summed E-state index contributed by atoms with van der Waals surface area (Å²) in [6.45, 7) is 1.93. The van der Waals surface area contributed by atoms with Gasteiger partial charge in [0.15, 0.2) is 0 Å². The highest BCUT2D eigenvalue weighted by atomic mass is 31.0. The van der Waals surface area contributed by atoms with Gasteiger partial charge in [-0.2, -0.15) is 0 Å². The molecule has 2 N–H and O–H groups in total. The zero-order valence-corrected chi connectivity index (χ0v) is 7.14. The summed E-state index contributed by atoms with van der Waals surface area (Å²) in [5.74, 6) is 0. The van der Waals surface area contributed by atoms with E-state index in [-0.39, 0.29) is 5.16 Å². The van der Waals surface area contributed by atoms with Gasteiger partial charge in [0.2, 0.25) is 0 Å². The summed E-state index contributed by atoms with van der Waals surface area (Å²) >= 11 is 0. The second kappa shape index (κ2) is 4.35. The van der Waals surface area contributed by atoms with E-state index in [1.165, 1.54) is 0 Å². The molecule has 0 heterocycles. The zero-order chi connectivity index (χ0) is 8.04. The third-order valence-electron chi connectivity index (χ3n) is 1.12. The molecule has 10 heavy (non-hydrogen) atoms. The minimum Gasteiger partial charge on any atom is -0.516 e. The van der Waals surface area contributed by atoms with Crippen LogP contribution in [0.15, 0.2) is 24.7 Å². The Kier molecular flexibility index (Phi) is 4.13. The predicted molar refractivity (Wildman–Crippen MR) is 46.3 cm³/mol. The van der Waals surface area contributed by atoms with E-state index in [0.717, 1.165) is 12.5 Å². The molecule has 58 valence electrons. The van der Waals surface area contributed by atoms with Crippen LogP contribution in [0.4, 0.5) is 0 Å². The molecule has 0 fully saturated rings. The molecule has 0 spiro atoms. The second-order valence-electron chi connectivity index (χ2n) is 2.41. The van der Waals surface area contributed by atoms with Crippen LogP contribution in [0, 0.1) is 0 Å². The third-order valence-corrected chi connectivity index (χ3v) is 1.55. The SMILES string of the molecule is CC(P)(/C=C/O)C/C=C/O. The minimum absolute atomic E-state index is 0.159. The van der Waals surface area contributed by atoms with Gasteiger partial charge in [-0.3, -0.25) is 0 Å². The fraction of sp³-hybridized carbons (Fsp3) is 0.429. The van der Waals surface area contributed by atoms with Gasteiger partial charge in [-0.1, -0.05) is 6.92 Å². The molecule has 0 aliphatic carbocycles. The average Bonchev–Trinajstić information content (AvgIpc) is 1.84. The van der Waals surface area contributed by atoms with Crippen LogP contribution in [-0.2, 0) is 0 Å². The molecule has 2 nitrogen and oxygen atoms in total. The van der Waals surface area contributed by atoms with Crippen molar-refractivity contribution in [2.45, 2.75) is 18.5 Å². The lowest BCUT2D eigenvalue weighted by atomic mass is 10.1. The summed E-state index contributed by atoms with van der Waals surface area (Å²) in [5.41, 5.74) is 0. The van der Waals surface area contributed by atoms with Crippen LogP contribution in [0.25, 0.3) is 0 Å². The molecule has 0 bridgehead atoms. The Balaban J connectivity index is 3.86. The van der Waals surface area contributed by atoms with Gasteiger partial charge in [0.25, 0.3) is 0 Å². The first-order valence-corrected chi connectivity index (χ1v) is 3.60. The Hall–Kier alpha value is -0.490. The van der Waals surface area contributed by atoms with Gasteiger partial charge in [-0.25, -0.2) is 0 Å². The fourth-order valence-electron chi connectivity index (χ4n) is 0.545. The summed E-state index contributed by atoms with van der Waals surface area (Å²) in [7, 11) is 2.58. The number of aliphatic hydroxyl groups excluding tert-OH is 2. The minimum atomic E-state index is -0.159. The molecule has 3 heteroatoms. The lowest BCUT2D eigenvalue weighted by molar-refractivity contribution is 0.463. The zero-order valence-electron chi connectivity index (χ0n) is 5.99. The maximum absolute atomic E-state index is 8.42. The Labute approximate surface area is 63.5 Å². The maximum atomic E-state index is 8.42. The molecule has 2 unspecified atom stereocenters. The van der Waals surface area contributed by atoms with Crippen molar-refractivity contribution in [2.75, 3.05) is 0 Å². The topological polar surface area (TPSA) is 40.5 Å².